The van der Waals surface area contributed by atoms with Gasteiger partial charge in [0.25, 0.3) is 0 Å². The quantitative estimate of drug-likeness (QED) is 0.728. The van der Waals surface area contributed by atoms with Gasteiger partial charge in [-0.2, -0.15) is 8.78 Å². The molecule has 0 saturated carbocycles. The topological polar surface area (TPSA) is 51.6 Å². The van der Waals surface area contributed by atoms with Gasteiger partial charge in [-0.15, -0.1) is 0 Å². The number of phenolic OH excluding ortho intramolecular Hbond substituents is 1. The van der Waals surface area contributed by atoms with Crippen LogP contribution in [-0.2, 0) is 0 Å². The number of aromatic nitrogens is 1. The molecule has 0 aliphatic heterocycles. The van der Waals surface area contributed by atoms with Crippen molar-refractivity contribution in [2.75, 3.05) is 7.11 Å². The van der Waals surface area contributed by atoms with Crippen molar-refractivity contribution in [1.82, 2.24) is 4.98 Å². The molecule has 1 aromatic heterocycles. The van der Waals surface area contributed by atoms with Gasteiger partial charge >= 0.3 is 6.61 Å². The zero-order valence-corrected chi connectivity index (χ0v) is 13.3. The number of nitrogens with zero attached hydrogens (tertiary/aromatic N) is 1. The Bertz CT molecular complexity index is 926. The summed E-state index contributed by atoms with van der Waals surface area (Å²) in [7, 11) is 1.38. The standard InChI is InChI=1S/C19H15F2NO3/c1-24-17-11-12(6-10-16(17)25-19(20)21)5-8-14-9-7-13-3-2-4-15(23)18(13)22-14/h2-11,19,23H,1H3/b8-5+. The average molecular weight is 343 g/mol. The van der Waals surface area contributed by atoms with Crippen molar-refractivity contribution < 1.29 is 23.4 Å². The van der Waals surface area contributed by atoms with Crippen LogP contribution in [0.25, 0.3) is 23.1 Å². The third kappa shape index (κ3) is 3.85. The van der Waals surface area contributed by atoms with E-state index in [-0.39, 0.29) is 17.2 Å². The van der Waals surface area contributed by atoms with Gasteiger partial charge < -0.3 is 14.6 Å². The Morgan fingerprint density at radius 3 is 2.64 bits per heavy atom. The molecule has 0 spiro atoms. The van der Waals surface area contributed by atoms with Crippen LogP contribution in [-0.4, -0.2) is 23.8 Å². The van der Waals surface area contributed by atoms with Gasteiger partial charge in [-0.1, -0.05) is 30.3 Å². The second kappa shape index (κ2) is 7.17. The molecule has 0 aliphatic rings. The van der Waals surface area contributed by atoms with Crippen LogP contribution in [0.1, 0.15) is 11.3 Å². The Balaban J connectivity index is 1.87. The van der Waals surface area contributed by atoms with Gasteiger partial charge in [0.1, 0.15) is 11.3 Å². The molecule has 128 valence electrons. The van der Waals surface area contributed by atoms with Crippen LogP contribution < -0.4 is 9.47 Å². The molecule has 4 nitrogen and oxygen atoms in total. The number of rotatable bonds is 5. The Hall–Kier alpha value is -3.15. The van der Waals surface area contributed by atoms with E-state index in [0.717, 1.165) is 10.9 Å². The summed E-state index contributed by atoms with van der Waals surface area (Å²) in [5.41, 5.74) is 1.90. The second-order valence-electron chi connectivity index (χ2n) is 5.21. The number of hydrogen-bond donors (Lipinski definition) is 1. The first-order valence-corrected chi connectivity index (χ1v) is 7.46. The summed E-state index contributed by atoms with van der Waals surface area (Å²) in [6, 6.07) is 13.5. The van der Waals surface area contributed by atoms with Crippen LogP contribution in [0.5, 0.6) is 17.2 Å². The van der Waals surface area contributed by atoms with Gasteiger partial charge in [-0.25, -0.2) is 4.98 Å². The van der Waals surface area contributed by atoms with Crippen molar-refractivity contribution in [1.29, 1.82) is 0 Å². The first-order valence-electron chi connectivity index (χ1n) is 7.46. The number of alkyl halides is 2. The number of para-hydroxylation sites is 1. The van der Waals surface area contributed by atoms with E-state index < -0.39 is 6.61 Å². The minimum atomic E-state index is -2.91. The maximum absolute atomic E-state index is 12.3. The number of methoxy groups -OCH3 is 1. The Morgan fingerprint density at radius 1 is 1.04 bits per heavy atom. The second-order valence-corrected chi connectivity index (χ2v) is 5.21. The maximum atomic E-state index is 12.3. The zero-order valence-electron chi connectivity index (χ0n) is 13.3. The predicted molar refractivity (Wildman–Crippen MR) is 92.0 cm³/mol. The fraction of sp³-hybridized carbons (Fsp3) is 0.105. The van der Waals surface area contributed by atoms with E-state index >= 15 is 0 Å². The Kier molecular flexibility index (Phi) is 4.79. The van der Waals surface area contributed by atoms with Crippen molar-refractivity contribution in [3.63, 3.8) is 0 Å². The molecule has 25 heavy (non-hydrogen) atoms. The molecule has 0 fully saturated rings. The number of hydrogen-bond acceptors (Lipinski definition) is 4. The summed E-state index contributed by atoms with van der Waals surface area (Å²) in [5, 5.41) is 10.7. The molecule has 0 atom stereocenters. The maximum Gasteiger partial charge on any atom is 0.387 e. The highest BCUT2D eigenvalue weighted by Gasteiger charge is 2.10. The van der Waals surface area contributed by atoms with Crippen LogP contribution in [0.3, 0.4) is 0 Å². The Morgan fingerprint density at radius 2 is 1.88 bits per heavy atom. The summed E-state index contributed by atoms with van der Waals surface area (Å²) < 4.78 is 34.2. The molecule has 3 aromatic rings. The molecule has 0 unspecified atom stereocenters. The number of phenols is 1. The first kappa shape index (κ1) is 16.7. The third-order valence-electron chi connectivity index (χ3n) is 3.57. The van der Waals surface area contributed by atoms with Gasteiger partial charge in [0.15, 0.2) is 11.5 Å². The van der Waals surface area contributed by atoms with Crippen LogP contribution in [0.2, 0.25) is 0 Å². The lowest BCUT2D eigenvalue weighted by molar-refractivity contribution is -0.0512. The molecular formula is C19H15F2NO3. The minimum absolute atomic E-state index is 0.0246. The fourth-order valence-electron chi connectivity index (χ4n) is 2.40. The van der Waals surface area contributed by atoms with Crippen LogP contribution in [0.4, 0.5) is 8.78 Å². The van der Waals surface area contributed by atoms with Gasteiger partial charge in [0.05, 0.1) is 12.8 Å². The minimum Gasteiger partial charge on any atom is -0.506 e. The highest BCUT2D eigenvalue weighted by molar-refractivity contribution is 5.85. The van der Waals surface area contributed by atoms with E-state index in [4.69, 9.17) is 4.74 Å². The van der Waals surface area contributed by atoms with Gasteiger partial charge in [-0.05, 0) is 35.9 Å². The summed E-state index contributed by atoms with van der Waals surface area (Å²) >= 11 is 0. The fourth-order valence-corrected chi connectivity index (χ4v) is 2.40. The predicted octanol–water partition coefficient (Wildman–Crippen LogP) is 4.72. The lowest BCUT2D eigenvalue weighted by atomic mass is 10.1. The van der Waals surface area contributed by atoms with Crippen LogP contribution >= 0.6 is 0 Å². The van der Waals surface area contributed by atoms with Crippen molar-refractivity contribution in [3.05, 3.63) is 59.8 Å². The molecule has 1 heterocycles. The highest BCUT2D eigenvalue weighted by atomic mass is 19.3. The zero-order chi connectivity index (χ0) is 17.8. The van der Waals surface area contributed by atoms with E-state index in [2.05, 4.69) is 9.72 Å². The molecule has 0 aliphatic carbocycles. The number of ether oxygens (including phenoxy) is 2. The summed E-state index contributed by atoms with van der Waals surface area (Å²) in [4.78, 5) is 4.40. The van der Waals surface area contributed by atoms with Crippen LogP contribution in [0.15, 0.2) is 48.5 Å². The average Bonchev–Trinajstić information content (AvgIpc) is 2.61. The van der Waals surface area contributed by atoms with E-state index in [1.54, 1.807) is 36.4 Å². The van der Waals surface area contributed by atoms with Crippen molar-refractivity contribution in [2.45, 2.75) is 6.61 Å². The van der Waals surface area contributed by atoms with E-state index in [9.17, 15) is 13.9 Å². The number of halogens is 2. The third-order valence-corrected chi connectivity index (χ3v) is 3.57. The molecule has 2 aromatic carbocycles. The molecular weight excluding hydrogens is 328 g/mol. The monoisotopic (exact) mass is 343 g/mol. The van der Waals surface area contributed by atoms with Gasteiger partial charge in [0, 0.05) is 5.39 Å². The van der Waals surface area contributed by atoms with E-state index in [1.165, 1.54) is 13.2 Å². The molecule has 0 amide bonds. The van der Waals surface area contributed by atoms with Crippen molar-refractivity contribution in [3.8, 4) is 17.2 Å². The normalized spacial score (nSPS) is 11.4. The first-order chi connectivity index (χ1) is 12.1. The summed E-state index contributed by atoms with van der Waals surface area (Å²) in [5.74, 6) is 0.304. The smallest absolute Gasteiger partial charge is 0.387 e. The number of benzene rings is 2. The molecule has 0 bridgehead atoms. The molecule has 6 heteroatoms. The number of pyridine rings is 1. The van der Waals surface area contributed by atoms with Gasteiger partial charge in [-0.3, -0.25) is 0 Å². The SMILES string of the molecule is COc1cc(/C=C/c2ccc3cccc(O)c3n2)ccc1OC(F)F. The number of fused-ring (bicyclic) bond motifs is 1. The summed E-state index contributed by atoms with van der Waals surface area (Å²) in [6.45, 7) is -2.91. The van der Waals surface area contributed by atoms with E-state index in [1.807, 2.05) is 18.2 Å². The molecule has 3 rings (SSSR count). The van der Waals surface area contributed by atoms with Gasteiger partial charge in [0.2, 0.25) is 0 Å². The van der Waals surface area contributed by atoms with Crippen LogP contribution in [0, 0.1) is 0 Å². The Labute approximate surface area is 143 Å². The van der Waals surface area contributed by atoms with Crippen molar-refractivity contribution >= 4 is 23.1 Å². The lowest BCUT2D eigenvalue weighted by Crippen LogP contribution is -2.03. The highest BCUT2D eigenvalue weighted by Crippen LogP contribution is 2.30. The largest absolute Gasteiger partial charge is 0.506 e. The lowest BCUT2D eigenvalue weighted by Gasteiger charge is -2.10. The van der Waals surface area contributed by atoms with E-state index in [0.29, 0.717) is 11.2 Å². The number of aromatic hydroxyl groups is 1. The summed E-state index contributed by atoms with van der Waals surface area (Å²) in [6.07, 6.45) is 3.52. The molecule has 0 saturated heterocycles. The molecule has 1 N–H and O–H groups in total. The van der Waals surface area contributed by atoms with Crippen molar-refractivity contribution in [2.24, 2.45) is 0 Å². The molecule has 0 radical (unpaired) electrons.